The lowest BCUT2D eigenvalue weighted by molar-refractivity contribution is -0.161. The molecule has 0 amide bonds. The Hall–Kier alpha value is -2.55. The van der Waals surface area contributed by atoms with E-state index in [0.717, 1.165) is 83.5 Å². The lowest BCUT2D eigenvalue weighted by Crippen LogP contribution is -2.29. The summed E-state index contributed by atoms with van der Waals surface area (Å²) in [7, 11) is -4.39. The quantitative estimate of drug-likeness (QED) is 0.0288. The molecule has 0 rings (SSSR count). The minimum absolute atomic E-state index is 0.0406. The summed E-state index contributed by atoms with van der Waals surface area (Å²) in [6.07, 6.45) is 42.2. The zero-order valence-corrected chi connectivity index (χ0v) is 32.0. The van der Waals surface area contributed by atoms with Crippen LogP contribution in [-0.2, 0) is 32.7 Å². The first-order valence-corrected chi connectivity index (χ1v) is 20.4. The van der Waals surface area contributed by atoms with Gasteiger partial charge in [0.25, 0.3) is 0 Å². The van der Waals surface area contributed by atoms with Crippen LogP contribution in [0.3, 0.4) is 0 Å². The first kappa shape index (κ1) is 47.4. The molecule has 286 valence electrons. The summed E-state index contributed by atoms with van der Waals surface area (Å²) >= 11 is 0. The Morgan fingerprint density at radius 3 is 1.68 bits per heavy atom. The molecule has 0 aromatic rings. The van der Waals surface area contributed by atoms with E-state index in [0.29, 0.717) is 12.8 Å². The lowest BCUT2D eigenvalue weighted by Gasteiger charge is -2.19. The number of ether oxygens (including phenoxy) is 2. The molecule has 0 aromatic carbocycles. The molecule has 0 fully saturated rings. The van der Waals surface area contributed by atoms with Crippen LogP contribution in [0.1, 0.15) is 136 Å². The Kier molecular flexibility index (Phi) is 34.4. The minimum Gasteiger partial charge on any atom is -0.462 e. The van der Waals surface area contributed by atoms with E-state index < -0.39 is 32.5 Å². The molecule has 9 nitrogen and oxygen atoms in total. The van der Waals surface area contributed by atoms with E-state index in [-0.39, 0.29) is 32.6 Å². The van der Waals surface area contributed by atoms with Gasteiger partial charge in [-0.3, -0.25) is 18.6 Å². The number of nitrogens with two attached hydrogens (primary N) is 1. The molecule has 0 radical (unpaired) electrons. The van der Waals surface area contributed by atoms with Crippen molar-refractivity contribution >= 4 is 19.8 Å². The number of unbranched alkanes of at least 4 members (excludes halogenated alkanes) is 9. The van der Waals surface area contributed by atoms with Crippen LogP contribution in [0, 0.1) is 0 Å². The van der Waals surface area contributed by atoms with Gasteiger partial charge in [-0.05, 0) is 77.0 Å². The van der Waals surface area contributed by atoms with Gasteiger partial charge >= 0.3 is 19.8 Å². The molecule has 0 aliphatic heterocycles. The largest absolute Gasteiger partial charge is 0.472 e. The molecule has 0 aromatic heterocycles. The second kappa shape index (κ2) is 36.2. The summed E-state index contributed by atoms with van der Waals surface area (Å²) in [4.78, 5) is 34.7. The normalized spacial score (nSPS) is 14.2. The number of carbonyl (C=O) groups excluding carboxylic acids is 2. The third-order valence-electron chi connectivity index (χ3n) is 7.33. The molecule has 0 heterocycles. The Morgan fingerprint density at radius 2 is 1.10 bits per heavy atom. The van der Waals surface area contributed by atoms with Crippen LogP contribution >= 0.6 is 7.82 Å². The van der Waals surface area contributed by atoms with Crippen molar-refractivity contribution in [2.24, 2.45) is 5.73 Å². The smallest absolute Gasteiger partial charge is 0.462 e. The molecule has 0 aliphatic rings. The van der Waals surface area contributed by atoms with Crippen LogP contribution in [0.5, 0.6) is 0 Å². The zero-order chi connectivity index (χ0) is 36.8. The number of phosphoric acid groups is 1. The van der Waals surface area contributed by atoms with Gasteiger partial charge in [0, 0.05) is 19.4 Å². The molecule has 0 saturated carbocycles. The van der Waals surface area contributed by atoms with Crippen LogP contribution < -0.4 is 5.73 Å². The predicted octanol–water partition coefficient (Wildman–Crippen LogP) is 10.3. The maximum absolute atomic E-state index is 12.5. The number of esters is 2. The third-order valence-corrected chi connectivity index (χ3v) is 8.31. The van der Waals surface area contributed by atoms with Crippen molar-refractivity contribution in [3.05, 3.63) is 72.9 Å². The van der Waals surface area contributed by atoms with E-state index in [1.54, 1.807) is 0 Å². The van der Waals surface area contributed by atoms with Crippen LogP contribution in [-0.4, -0.2) is 49.3 Å². The number of hydrogen-bond donors (Lipinski definition) is 2. The molecular weight excluding hydrogens is 653 g/mol. The third kappa shape index (κ3) is 35.3. The van der Waals surface area contributed by atoms with Crippen molar-refractivity contribution in [3.63, 3.8) is 0 Å². The lowest BCUT2D eigenvalue weighted by atomic mass is 10.1. The van der Waals surface area contributed by atoms with Gasteiger partial charge in [0.05, 0.1) is 13.2 Å². The van der Waals surface area contributed by atoms with Gasteiger partial charge in [-0.1, -0.05) is 119 Å². The van der Waals surface area contributed by atoms with Crippen molar-refractivity contribution in [3.8, 4) is 0 Å². The number of carbonyl (C=O) groups is 2. The predicted molar refractivity (Wildman–Crippen MR) is 206 cm³/mol. The molecule has 3 N–H and O–H groups in total. The Bertz CT molecular complexity index is 1050. The molecule has 50 heavy (non-hydrogen) atoms. The summed E-state index contributed by atoms with van der Waals surface area (Å²) < 4.78 is 32.6. The Balaban J connectivity index is 4.35. The molecule has 0 bridgehead atoms. The minimum atomic E-state index is -4.39. The number of rotatable bonds is 34. The van der Waals surface area contributed by atoms with Gasteiger partial charge in [0.1, 0.15) is 6.61 Å². The van der Waals surface area contributed by atoms with E-state index in [1.165, 1.54) is 12.8 Å². The molecule has 2 atom stereocenters. The topological polar surface area (TPSA) is 134 Å². The summed E-state index contributed by atoms with van der Waals surface area (Å²) in [6.45, 7) is 3.47. The average molecular weight is 722 g/mol. The fraction of sp³-hybridized carbons (Fsp3) is 0.650. The van der Waals surface area contributed by atoms with E-state index >= 15 is 0 Å². The molecule has 0 spiro atoms. The number of phosphoric ester groups is 1. The van der Waals surface area contributed by atoms with Crippen molar-refractivity contribution < 1.29 is 37.6 Å². The molecule has 0 aliphatic carbocycles. The van der Waals surface area contributed by atoms with Crippen LogP contribution in [0.4, 0.5) is 0 Å². The molecule has 1 unspecified atom stereocenters. The van der Waals surface area contributed by atoms with Crippen LogP contribution in [0.15, 0.2) is 72.9 Å². The summed E-state index contributed by atoms with van der Waals surface area (Å²) in [5.74, 6) is -0.904. The van der Waals surface area contributed by atoms with Crippen molar-refractivity contribution in [1.82, 2.24) is 0 Å². The van der Waals surface area contributed by atoms with E-state index in [9.17, 15) is 19.0 Å². The van der Waals surface area contributed by atoms with Crippen molar-refractivity contribution in [2.45, 2.75) is 142 Å². The van der Waals surface area contributed by atoms with Gasteiger partial charge < -0.3 is 20.1 Å². The Morgan fingerprint density at radius 1 is 0.620 bits per heavy atom. The molecule has 10 heteroatoms. The summed E-state index contributed by atoms with van der Waals surface area (Å²) in [5.41, 5.74) is 5.32. The monoisotopic (exact) mass is 721 g/mol. The highest BCUT2D eigenvalue weighted by Gasteiger charge is 2.25. The fourth-order valence-electron chi connectivity index (χ4n) is 4.52. The SMILES string of the molecule is CC/C=C\C/C=C\C/C=C\C/C=C\CCCCC(=O)O[C@H](COC(=O)CCCCCCC/C=C\C/C=C\CCCC)COP(=O)(O)OCCN. The van der Waals surface area contributed by atoms with E-state index in [1.807, 2.05) is 0 Å². The van der Waals surface area contributed by atoms with Crippen LogP contribution in [0.25, 0.3) is 0 Å². The number of allylic oxidation sites excluding steroid dienone is 12. The van der Waals surface area contributed by atoms with Gasteiger partial charge in [0.15, 0.2) is 6.10 Å². The maximum Gasteiger partial charge on any atom is 0.472 e. The first-order chi connectivity index (χ1) is 24.3. The molecule has 0 saturated heterocycles. The molecular formula is C40H68NO8P. The Labute approximate surface area is 303 Å². The first-order valence-electron chi connectivity index (χ1n) is 18.9. The van der Waals surface area contributed by atoms with Crippen LogP contribution in [0.2, 0.25) is 0 Å². The zero-order valence-electron chi connectivity index (χ0n) is 31.1. The highest BCUT2D eigenvalue weighted by Crippen LogP contribution is 2.43. The van der Waals surface area contributed by atoms with Crippen molar-refractivity contribution in [2.75, 3.05) is 26.4 Å². The van der Waals surface area contributed by atoms with Gasteiger partial charge in [0.2, 0.25) is 0 Å². The second-order valence-corrected chi connectivity index (χ2v) is 13.5. The fourth-order valence-corrected chi connectivity index (χ4v) is 5.29. The average Bonchev–Trinajstić information content (AvgIpc) is 3.10. The van der Waals surface area contributed by atoms with E-state index in [2.05, 4.69) is 86.8 Å². The van der Waals surface area contributed by atoms with E-state index in [4.69, 9.17) is 24.3 Å². The van der Waals surface area contributed by atoms with Crippen molar-refractivity contribution in [1.29, 1.82) is 0 Å². The second-order valence-electron chi connectivity index (χ2n) is 12.1. The van der Waals surface area contributed by atoms with Gasteiger partial charge in [-0.15, -0.1) is 0 Å². The highest BCUT2D eigenvalue weighted by atomic mass is 31.2. The number of hydrogen-bond acceptors (Lipinski definition) is 8. The highest BCUT2D eigenvalue weighted by molar-refractivity contribution is 7.47. The maximum atomic E-state index is 12.5. The summed E-state index contributed by atoms with van der Waals surface area (Å²) in [6, 6.07) is 0. The van der Waals surface area contributed by atoms with Gasteiger partial charge in [-0.2, -0.15) is 0 Å². The van der Waals surface area contributed by atoms with Gasteiger partial charge in [-0.25, -0.2) is 4.57 Å². The standard InChI is InChI=1S/C40H68NO8P/c1-3-5-7-9-11-13-15-17-19-21-23-25-27-29-31-33-40(43)49-38(37-48-50(44,45)47-35-34-41)36-46-39(42)32-30-28-26-24-22-20-18-16-14-12-10-8-6-4-2/h5,7,10-13,16-19,23,25,38H,3-4,6,8-9,14-15,20-22,24,26-37,41H2,1-2H3,(H,44,45)/b7-5-,12-10-,13-11-,18-16-,19-17-,25-23-/t38-/m1/s1. The summed E-state index contributed by atoms with van der Waals surface area (Å²) in [5, 5.41) is 0.